The van der Waals surface area contributed by atoms with Gasteiger partial charge in [0.15, 0.2) is 6.10 Å². The van der Waals surface area contributed by atoms with E-state index in [9.17, 15) is 13.2 Å². The molecule has 2 aromatic rings. The molecule has 1 fully saturated rings. The van der Waals surface area contributed by atoms with Gasteiger partial charge < -0.3 is 9.64 Å². The minimum atomic E-state index is -3.81. The van der Waals surface area contributed by atoms with Crippen LogP contribution in [0.25, 0.3) is 0 Å². The highest BCUT2D eigenvalue weighted by Gasteiger charge is 2.39. The van der Waals surface area contributed by atoms with Crippen LogP contribution < -0.4 is 9.04 Å². The summed E-state index contributed by atoms with van der Waals surface area (Å²) < 4.78 is 33.9. The number of hydrogen-bond donors (Lipinski definition) is 0. The molecule has 7 heteroatoms. The monoisotopic (exact) mass is 414 g/mol. The van der Waals surface area contributed by atoms with Gasteiger partial charge in [0.2, 0.25) is 0 Å². The molecule has 29 heavy (non-hydrogen) atoms. The largest absolute Gasteiger partial charge is 0.476 e. The number of ether oxygens (including phenoxy) is 1. The Kier molecular flexibility index (Phi) is 5.50. The molecule has 0 N–H and O–H groups in total. The van der Waals surface area contributed by atoms with Gasteiger partial charge >= 0.3 is 0 Å². The van der Waals surface area contributed by atoms with Crippen molar-refractivity contribution in [3.05, 3.63) is 54.6 Å². The molecular weight excluding hydrogens is 388 g/mol. The number of likely N-dealkylation sites (N-methyl/N-ethyl adjacent to an activating group) is 1. The molecule has 0 bridgehead atoms. The summed E-state index contributed by atoms with van der Waals surface area (Å²) in [5.41, 5.74) is 0.459. The van der Waals surface area contributed by atoms with Gasteiger partial charge in [-0.05, 0) is 37.1 Å². The number of amides is 1. The maximum absolute atomic E-state index is 13.3. The highest BCUT2D eigenvalue weighted by molar-refractivity contribution is 7.92. The van der Waals surface area contributed by atoms with E-state index in [2.05, 4.69) is 0 Å². The summed E-state index contributed by atoms with van der Waals surface area (Å²) in [4.78, 5) is 15.1. The van der Waals surface area contributed by atoms with Gasteiger partial charge in [-0.3, -0.25) is 9.10 Å². The normalized spacial score (nSPS) is 19.9. The molecule has 1 amide bonds. The van der Waals surface area contributed by atoms with Crippen LogP contribution in [0, 0.1) is 0 Å². The van der Waals surface area contributed by atoms with Gasteiger partial charge in [0.05, 0.1) is 17.1 Å². The van der Waals surface area contributed by atoms with E-state index in [1.807, 2.05) is 0 Å². The molecule has 0 saturated heterocycles. The number of benzene rings is 2. The quantitative estimate of drug-likeness (QED) is 0.769. The zero-order chi connectivity index (χ0) is 20.4. The van der Waals surface area contributed by atoms with E-state index < -0.39 is 16.1 Å². The lowest BCUT2D eigenvalue weighted by Gasteiger charge is -2.38. The number of sulfonamides is 1. The molecule has 1 aliphatic carbocycles. The van der Waals surface area contributed by atoms with E-state index in [4.69, 9.17) is 4.74 Å². The maximum Gasteiger partial charge on any atom is 0.265 e. The lowest BCUT2D eigenvalue weighted by atomic mass is 9.94. The second kappa shape index (κ2) is 8.06. The Balaban J connectivity index is 1.65. The predicted octanol–water partition coefficient (Wildman–Crippen LogP) is 3.43. The fraction of sp³-hybridized carbons (Fsp3) is 0.409. The van der Waals surface area contributed by atoms with Crippen LogP contribution in [0.15, 0.2) is 59.5 Å². The molecule has 4 rings (SSSR count). The zero-order valence-corrected chi connectivity index (χ0v) is 17.3. The second-order valence-corrected chi connectivity index (χ2v) is 9.53. The third-order valence-electron chi connectivity index (χ3n) is 5.81. The standard InChI is InChI=1S/C22H26N2O4S/c1-23(17-10-4-2-5-11-17)22(25)21-16-24(19-14-8-9-15-20(19)28-21)29(26,27)18-12-6-3-7-13-18/h3,6-9,12-15,17,21H,2,4-5,10-11,16H2,1H3/t21-/m1/s1. The molecule has 1 saturated carbocycles. The minimum Gasteiger partial charge on any atom is -0.476 e. The molecule has 1 atom stereocenters. The Labute approximate surface area is 172 Å². The predicted molar refractivity (Wildman–Crippen MR) is 111 cm³/mol. The summed E-state index contributed by atoms with van der Waals surface area (Å²) >= 11 is 0. The van der Waals surface area contributed by atoms with Crippen molar-refractivity contribution in [3.63, 3.8) is 0 Å². The summed E-state index contributed by atoms with van der Waals surface area (Å²) in [7, 11) is -2.01. The van der Waals surface area contributed by atoms with E-state index in [0.29, 0.717) is 11.4 Å². The summed E-state index contributed by atoms with van der Waals surface area (Å²) in [6, 6.07) is 15.5. The summed E-state index contributed by atoms with van der Waals surface area (Å²) in [5.74, 6) is 0.244. The topological polar surface area (TPSA) is 66.9 Å². The van der Waals surface area contributed by atoms with Gasteiger partial charge in [-0.25, -0.2) is 8.42 Å². The van der Waals surface area contributed by atoms with Crippen molar-refractivity contribution < 1.29 is 17.9 Å². The van der Waals surface area contributed by atoms with E-state index in [1.165, 1.54) is 10.7 Å². The SMILES string of the molecule is CN(C(=O)[C@H]1CN(S(=O)(=O)c2ccccc2)c2ccccc2O1)C1CCCCC1. The number of carbonyl (C=O) groups excluding carboxylic acids is 1. The van der Waals surface area contributed by atoms with Crippen LogP contribution in [-0.2, 0) is 14.8 Å². The smallest absolute Gasteiger partial charge is 0.265 e. The van der Waals surface area contributed by atoms with Crippen LogP contribution in [0.3, 0.4) is 0 Å². The van der Waals surface area contributed by atoms with Crippen LogP contribution in [0.4, 0.5) is 5.69 Å². The van der Waals surface area contributed by atoms with Gasteiger partial charge in [0.25, 0.3) is 15.9 Å². The number of hydrogen-bond acceptors (Lipinski definition) is 4. The van der Waals surface area contributed by atoms with Crippen molar-refractivity contribution in [2.24, 2.45) is 0 Å². The van der Waals surface area contributed by atoms with E-state index in [0.717, 1.165) is 25.7 Å². The Morgan fingerprint density at radius 3 is 2.38 bits per heavy atom. The number of carbonyl (C=O) groups is 1. The van der Waals surface area contributed by atoms with E-state index in [-0.39, 0.29) is 23.4 Å². The molecule has 0 radical (unpaired) electrons. The Morgan fingerprint density at radius 2 is 1.66 bits per heavy atom. The summed E-state index contributed by atoms with van der Waals surface area (Å²) in [5, 5.41) is 0. The van der Waals surface area contributed by atoms with Crippen LogP contribution >= 0.6 is 0 Å². The summed E-state index contributed by atoms with van der Waals surface area (Å²) in [6.45, 7) is -0.0376. The average Bonchev–Trinajstić information content (AvgIpc) is 2.78. The number of anilines is 1. The Morgan fingerprint density at radius 1 is 1.00 bits per heavy atom. The van der Waals surface area contributed by atoms with Crippen molar-refractivity contribution in [1.82, 2.24) is 4.90 Å². The third kappa shape index (κ3) is 3.83. The minimum absolute atomic E-state index is 0.0376. The number of nitrogens with zero attached hydrogens (tertiary/aromatic N) is 2. The van der Waals surface area contributed by atoms with Crippen molar-refractivity contribution in [1.29, 1.82) is 0 Å². The molecule has 154 valence electrons. The lowest BCUT2D eigenvalue weighted by Crippen LogP contribution is -2.53. The van der Waals surface area contributed by atoms with Gasteiger partial charge in [0.1, 0.15) is 5.75 Å². The van der Waals surface area contributed by atoms with Crippen LogP contribution in [0.1, 0.15) is 32.1 Å². The first kappa shape index (κ1) is 19.8. The van der Waals surface area contributed by atoms with Crippen LogP contribution in [0.2, 0.25) is 0 Å². The van der Waals surface area contributed by atoms with Crippen molar-refractivity contribution in [2.75, 3.05) is 17.9 Å². The highest BCUT2D eigenvalue weighted by atomic mass is 32.2. The first-order valence-electron chi connectivity index (χ1n) is 10.1. The van der Waals surface area contributed by atoms with Crippen LogP contribution in [0.5, 0.6) is 5.75 Å². The Hall–Kier alpha value is -2.54. The average molecular weight is 415 g/mol. The van der Waals surface area contributed by atoms with E-state index >= 15 is 0 Å². The van der Waals surface area contributed by atoms with Crippen LogP contribution in [-0.4, -0.2) is 45.0 Å². The van der Waals surface area contributed by atoms with Crippen molar-refractivity contribution in [2.45, 2.75) is 49.1 Å². The molecule has 1 heterocycles. The van der Waals surface area contributed by atoms with Gasteiger partial charge in [0, 0.05) is 13.1 Å². The van der Waals surface area contributed by atoms with Crippen molar-refractivity contribution in [3.8, 4) is 5.75 Å². The lowest BCUT2D eigenvalue weighted by molar-refractivity contribution is -0.139. The molecule has 0 aromatic heterocycles. The number of fused-ring (bicyclic) bond motifs is 1. The highest BCUT2D eigenvalue weighted by Crippen LogP contribution is 2.37. The molecule has 2 aromatic carbocycles. The van der Waals surface area contributed by atoms with Crippen molar-refractivity contribution >= 4 is 21.6 Å². The second-order valence-electron chi connectivity index (χ2n) is 7.66. The van der Waals surface area contributed by atoms with Gasteiger partial charge in [-0.2, -0.15) is 0 Å². The molecule has 2 aliphatic rings. The fourth-order valence-electron chi connectivity index (χ4n) is 4.15. The third-order valence-corrected chi connectivity index (χ3v) is 7.61. The van der Waals surface area contributed by atoms with Gasteiger partial charge in [-0.15, -0.1) is 0 Å². The number of rotatable bonds is 4. The van der Waals surface area contributed by atoms with E-state index in [1.54, 1.807) is 66.5 Å². The first-order chi connectivity index (χ1) is 14.0. The molecule has 0 unspecified atom stereocenters. The summed E-state index contributed by atoms with van der Waals surface area (Å²) in [6.07, 6.45) is 4.54. The fourth-order valence-corrected chi connectivity index (χ4v) is 5.65. The Bertz CT molecular complexity index is 971. The number of para-hydroxylation sites is 2. The molecule has 1 aliphatic heterocycles. The molecular formula is C22H26N2O4S. The molecule has 0 spiro atoms. The van der Waals surface area contributed by atoms with Gasteiger partial charge in [-0.1, -0.05) is 49.6 Å². The zero-order valence-electron chi connectivity index (χ0n) is 16.5. The molecule has 6 nitrogen and oxygen atoms in total. The first-order valence-corrected chi connectivity index (χ1v) is 11.5. The maximum atomic E-state index is 13.3.